The second-order valence-electron chi connectivity index (χ2n) is 6.67. The van der Waals surface area contributed by atoms with Crippen LogP contribution in [0.5, 0.6) is 0 Å². The highest BCUT2D eigenvalue weighted by molar-refractivity contribution is 5.76. The largest absolute Gasteiger partial charge is 0.395 e. The molecule has 0 aromatic rings. The van der Waals surface area contributed by atoms with Gasteiger partial charge < -0.3 is 10.4 Å². The molecule has 0 heterocycles. The zero-order valence-electron chi connectivity index (χ0n) is 10.5. The van der Waals surface area contributed by atoms with Gasteiger partial charge in [0.15, 0.2) is 0 Å². The number of aliphatic hydroxyl groups is 1. The molecule has 4 aliphatic rings. The van der Waals surface area contributed by atoms with Crippen LogP contribution < -0.4 is 5.32 Å². The summed E-state index contributed by atoms with van der Waals surface area (Å²) in [5, 5.41) is 11.5. The van der Waals surface area contributed by atoms with Gasteiger partial charge in [-0.15, -0.1) is 0 Å². The zero-order valence-corrected chi connectivity index (χ0v) is 10.5. The molecule has 0 atom stereocenters. The van der Waals surface area contributed by atoms with Gasteiger partial charge in [0.25, 0.3) is 0 Å². The fourth-order valence-corrected chi connectivity index (χ4v) is 5.10. The maximum atomic E-state index is 11.9. The summed E-state index contributed by atoms with van der Waals surface area (Å²) in [6, 6.07) is 0. The average molecular weight is 237 g/mol. The zero-order chi connectivity index (χ0) is 11.9. The van der Waals surface area contributed by atoms with E-state index in [-0.39, 0.29) is 12.5 Å². The van der Waals surface area contributed by atoms with Crippen molar-refractivity contribution in [2.24, 2.45) is 23.2 Å². The molecule has 4 bridgehead atoms. The molecular formula is C14H23NO2. The van der Waals surface area contributed by atoms with Crippen LogP contribution in [0.3, 0.4) is 0 Å². The van der Waals surface area contributed by atoms with Crippen molar-refractivity contribution in [3.63, 3.8) is 0 Å². The van der Waals surface area contributed by atoms with Gasteiger partial charge in [-0.3, -0.25) is 4.79 Å². The average Bonchev–Trinajstić information content (AvgIpc) is 2.23. The number of nitrogens with one attached hydrogen (secondary N) is 1. The van der Waals surface area contributed by atoms with Crippen molar-refractivity contribution in [3.05, 3.63) is 0 Å². The summed E-state index contributed by atoms with van der Waals surface area (Å²) in [6.45, 7) is 0.456. The maximum absolute atomic E-state index is 11.9. The van der Waals surface area contributed by atoms with Crippen molar-refractivity contribution in [2.45, 2.75) is 44.9 Å². The molecule has 0 saturated heterocycles. The van der Waals surface area contributed by atoms with E-state index in [0.29, 0.717) is 18.4 Å². The lowest BCUT2D eigenvalue weighted by Crippen LogP contribution is -2.48. The van der Waals surface area contributed by atoms with E-state index in [1.54, 1.807) is 0 Å². The third-order valence-electron chi connectivity index (χ3n) is 5.13. The van der Waals surface area contributed by atoms with Crippen LogP contribution in [0.4, 0.5) is 0 Å². The van der Waals surface area contributed by atoms with Crippen LogP contribution in [-0.2, 0) is 4.79 Å². The van der Waals surface area contributed by atoms with E-state index >= 15 is 0 Å². The highest BCUT2D eigenvalue weighted by Crippen LogP contribution is 2.61. The van der Waals surface area contributed by atoms with Crippen LogP contribution in [0.1, 0.15) is 44.9 Å². The quantitative estimate of drug-likeness (QED) is 0.782. The first-order chi connectivity index (χ1) is 8.19. The molecule has 0 radical (unpaired) electrons. The summed E-state index contributed by atoms with van der Waals surface area (Å²) in [5.41, 5.74) is 0.328. The SMILES string of the molecule is O=C(CC12CC3CC(CC(C3)C1)C2)NCCO. The molecule has 0 aromatic heterocycles. The lowest BCUT2D eigenvalue weighted by Gasteiger charge is -2.56. The lowest BCUT2D eigenvalue weighted by molar-refractivity contribution is -0.129. The molecule has 96 valence electrons. The van der Waals surface area contributed by atoms with Crippen LogP contribution in [-0.4, -0.2) is 24.2 Å². The molecule has 4 saturated carbocycles. The standard InChI is InChI=1S/C14H23NO2/c16-2-1-15-13(17)9-14-6-10-3-11(7-14)5-12(4-10)8-14/h10-12,16H,1-9H2,(H,15,17). The fourth-order valence-electron chi connectivity index (χ4n) is 5.10. The van der Waals surface area contributed by atoms with Gasteiger partial charge >= 0.3 is 0 Å². The summed E-state index contributed by atoms with van der Waals surface area (Å²) in [5.74, 6) is 2.88. The van der Waals surface area contributed by atoms with Crippen molar-refractivity contribution < 1.29 is 9.90 Å². The Hall–Kier alpha value is -0.570. The monoisotopic (exact) mass is 237 g/mol. The first-order valence-corrected chi connectivity index (χ1v) is 7.07. The molecular weight excluding hydrogens is 214 g/mol. The van der Waals surface area contributed by atoms with Crippen LogP contribution in [0.25, 0.3) is 0 Å². The van der Waals surface area contributed by atoms with Gasteiger partial charge in [-0.2, -0.15) is 0 Å². The molecule has 3 nitrogen and oxygen atoms in total. The van der Waals surface area contributed by atoms with Crippen LogP contribution in [0, 0.1) is 23.2 Å². The minimum Gasteiger partial charge on any atom is -0.395 e. The maximum Gasteiger partial charge on any atom is 0.220 e. The Morgan fingerprint density at radius 3 is 2.12 bits per heavy atom. The summed E-state index contributed by atoms with van der Waals surface area (Å²) in [6.07, 6.45) is 8.84. The molecule has 17 heavy (non-hydrogen) atoms. The number of carbonyl (C=O) groups is 1. The minimum absolute atomic E-state index is 0.0482. The smallest absolute Gasteiger partial charge is 0.220 e. The Labute approximate surface area is 103 Å². The Kier molecular flexibility index (Phi) is 2.89. The van der Waals surface area contributed by atoms with Crippen molar-refractivity contribution >= 4 is 5.91 Å². The van der Waals surface area contributed by atoms with E-state index in [1.807, 2.05) is 0 Å². The minimum atomic E-state index is 0.0482. The van der Waals surface area contributed by atoms with E-state index < -0.39 is 0 Å². The van der Waals surface area contributed by atoms with E-state index in [9.17, 15) is 4.79 Å². The van der Waals surface area contributed by atoms with Crippen LogP contribution in [0.2, 0.25) is 0 Å². The van der Waals surface area contributed by atoms with Gasteiger partial charge in [-0.25, -0.2) is 0 Å². The van der Waals surface area contributed by atoms with E-state index in [0.717, 1.165) is 17.8 Å². The van der Waals surface area contributed by atoms with Crippen molar-refractivity contribution in [3.8, 4) is 0 Å². The molecule has 2 N–H and O–H groups in total. The molecule has 0 aromatic carbocycles. The van der Waals surface area contributed by atoms with Gasteiger partial charge in [-0.05, 0) is 61.7 Å². The van der Waals surface area contributed by atoms with Crippen molar-refractivity contribution in [1.82, 2.24) is 5.32 Å². The third-order valence-corrected chi connectivity index (χ3v) is 5.13. The van der Waals surface area contributed by atoms with Gasteiger partial charge in [0, 0.05) is 13.0 Å². The lowest BCUT2D eigenvalue weighted by atomic mass is 9.49. The van der Waals surface area contributed by atoms with Gasteiger partial charge in [-0.1, -0.05) is 0 Å². The molecule has 0 unspecified atom stereocenters. The first-order valence-electron chi connectivity index (χ1n) is 7.07. The Bertz CT molecular complexity index is 278. The Morgan fingerprint density at radius 1 is 1.12 bits per heavy atom. The van der Waals surface area contributed by atoms with E-state index in [1.165, 1.54) is 38.5 Å². The molecule has 4 fully saturated rings. The number of carbonyl (C=O) groups excluding carboxylic acids is 1. The van der Waals surface area contributed by atoms with Crippen molar-refractivity contribution in [1.29, 1.82) is 0 Å². The molecule has 0 spiro atoms. The van der Waals surface area contributed by atoms with Gasteiger partial charge in [0.1, 0.15) is 0 Å². The van der Waals surface area contributed by atoms with E-state index in [2.05, 4.69) is 5.32 Å². The summed E-state index contributed by atoms with van der Waals surface area (Å²) >= 11 is 0. The number of aliphatic hydroxyl groups excluding tert-OH is 1. The molecule has 4 aliphatic carbocycles. The summed E-state index contributed by atoms with van der Waals surface area (Å²) in [7, 11) is 0. The number of rotatable bonds is 4. The Balaban J connectivity index is 1.64. The number of hydrogen-bond donors (Lipinski definition) is 2. The highest BCUT2D eigenvalue weighted by atomic mass is 16.3. The summed E-state index contributed by atoms with van der Waals surface area (Å²) < 4.78 is 0. The number of hydrogen-bond acceptors (Lipinski definition) is 2. The predicted molar refractivity (Wildman–Crippen MR) is 65.3 cm³/mol. The third kappa shape index (κ3) is 2.22. The predicted octanol–water partition coefficient (Wildman–Crippen LogP) is 1.70. The number of amides is 1. The second kappa shape index (κ2) is 4.27. The molecule has 4 rings (SSSR count). The van der Waals surface area contributed by atoms with Crippen LogP contribution >= 0.6 is 0 Å². The van der Waals surface area contributed by atoms with Gasteiger partial charge in [0.2, 0.25) is 5.91 Å². The topological polar surface area (TPSA) is 49.3 Å². The molecule has 0 aliphatic heterocycles. The fraction of sp³-hybridized carbons (Fsp3) is 0.929. The first kappa shape index (κ1) is 11.5. The molecule has 3 heteroatoms. The van der Waals surface area contributed by atoms with Crippen molar-refractivity contribution in [2.75, 3.05) is 13.2 Å². The Morgan fingerprint density at radius 2 is 1.65 bits per heavy atom. The second-order valence-corrected chi connectivity index (χ2v) is 6.67. The summed E-state index contributed by atoms with van der Waals surface area (Å²) in [4.78, 5) is 11.9. The van der Waals surface area contributed by atoms with Crippen LogP contribution in [0.15, 0.2) is 0 Å². The van der Waals surface area contributed by atoms with E-state index in [4.69, 9.17) is 5.11 Å². The normalized spacial score (nSPS) is 42.8. The molecule has 1 amide bonds. The van der Waals surface area contributed by atoms with Gasteiger partial charge in [0.05, 0.1) is 6.61 Å². The highest BCUT2D eigenvalue weighted by Gasteiger charge is 2.51.